The van der Waals surface area contributed by atoms with Crippen LogP contribution in [0.4, 0.5) is 0 Å². The van der Waals surface area contributed by atoms with Gasteiger partial charge in [0.25, 0.3) is 0 Å². The van der Waals surface area contributed by atoms with E-state index in [9.17, 15) is 0 Å². The van der Waals surface area contributed by atoms with E-state index < -0.39 is 15.4 Å². The molecule has 0 radical (unpaired) electrons. The van der Waals surface area contributed by atoms with Crippen molar-refractivity contribution in [3.8, 4) is 11.1 Å². The first-order valence-corrected chi connectivity index (χ1v) is 16.5. The highest BCUT2D eigenvalue weighted by Crippen LogP contribution is 2.53. The van der Waals surface area contributed by atoms with Gasteiger partial charge in [-0.2, -0.15) is 0 Å². The molecule has 0 unspecified atom stereocenters. The summed E-state index contributed by atoms with van der Waals surface area (Å²) in [5.74, 6) is 0. The van der Waals surface area contributed by atoms with Gasteiger partial charge in [0, 0.05) is 5.41 Å². The molecule has 0 heterocycles. The van der Waals surface area contributed by atoms with Gasteiger partial charge in [-0.05, 0) is 35.1 Å². The highest BCUT2D eigenvalue weighted by Gasteiger charge is 2.42. The quantitative estimate of drug-likeness (QED) is 0.265. The minimum absolute atomic E-state index is 0.239. The summed E-state index contributed by atoms with van der Waals surface area (Å²) in [5.41, 5.74) is 6.55. The Bertz CT molecular complexity index is 846. The highest BCUT2D eigenvalue weighted by molar-refractivity contribution is 6.88. The summed E-state index contributed by atoms with van der Waals surface area (Å²) in [5, 5.41) is 23.1. The molecule has 0 aliphatic heterocycles. The van der Waals surface area contributed by atoms with E-state index in [1.165, 1.54) is 75.3 Å². The topological polar surface area (TPSA) is 60.7 Å². The molecule has 182 valence electrons. The Morgan fingerprint density at radius 3 is 1.73 bits per heavy atom. The van der Waals surface area contributed by atoms with E-state index in [1.807, 2.05) is 0 Å². The maximum Gasteiger partial charge on any atom is 0.631 e. The van der Waals surface area contributed by atoms with Crippen molar-refractivity contribution in [2.24, 2.45) is 0 Å². The minimum Gasteiger partial charge on any atom is -0.402 e. The zero-order valence-electron chi connectivity index (χ0n) is 21.5. The lowest BCUT2D eigenvalue weighted by molar-refractivity contribution is 0.278. The molecule has 1 aliphatic rings. The molecule has 3 rings (SSSR count). The van der Waals surface area contributed by atoms with Gasteiger partial charge < -0.3 is 15.1 Å². The molecule has 0 bridgehead atoms. The second-order valence-electron chi connectivity index (χ2n) is 10.6. The fourth-order valence-corrected chi connectivity index (χ4v) is 6.45. The molecule has 0 saturated carbocycles. The first-order chi connectivity index (χ1) is 15.7. The van der Waals surface area contributed by atoms with E-state index in [2.05, 4.69) is 76.0 Å². The molecule has 0 spiro atoms. The Morgan fingerprint density at radius 1 is 0.697 bits per heavy atom. The minimum atomic E-state index is -2.17. The first-order valence-electron chi connectivity index (χ1n) is 13.0. The second kappa shape index (κ2) is 12.9. The van der Waals surface area contributed by atoms with Crippen LogP contribution in [-0.2, 0) is 5.41 Å². The van der Waals surface area contributed by atoms with Crippen molar-refractivity contribution in [3.05, 3.63) is 53.6 Å². The molecule has 2 aromatic carbocycles. The van der Waals surface area contributed by atoms with Crippen molar-refractivity contribution in [1.82, 2.24) is 0 Å². The summed E-state index contributed by atoms with van der Waals surface area (Å²) in [6.07, 6.45) is 13.5. The number of benzene rings is 2. The zero-order chi connectivity index (χ0) is 24.5. The fraction of sp³-hybridized carbons (Fsp3) is 0.571. The monoisotopic (exact) mass is 468 g/mol. The Labute approximate surface area is 203 Å². The van der Waals surface area contributed by atoms with Gasteiger partial charge in [0.05, 0.1) is 8.07 Å². The second-order valence-corrected chi connectivity index (χ2v) is 15.7. The van der Waals surface area contributed by atoms with Crippen LogP contribution in [0.1, 0.15) is 89.2 Å². The molecule has 3 nitrogen and oxygen atoms in total. The lowest BCUT2D eigenvalue weighted by Gasteiger charge is -2.34. The van der Waals surface area contributed by atoms with E-state index in [0.717, 1.165) is 0 Å². The summed E-state index contributed by atoms with van der Waals surface area (Å²) < 4.78 is 0. The molecule has 0 amide bonds. The SMILES string of the molecule is CCCCCCC1(CCCCCC)c2ccccc2-c2ccc([Si](C)(C)C)cc21.OB(O)O. The number of unbranched alkanes of at least 4 members (excludes halogenated alkanes) is 6. The van der Waals surface area contributed by atoms with Crippen LogP contribution in [0.3, 0.4) is 0 Å². The Balaban J connectivity index is 0.000000890. The van der Waals surface area contributed by atoms with Crippen LogP contribution in [0.25, 0.3) is 11.1 Å². The Kier molecular flexibility index (Phi) is 10.9. The van der Waals surface area contributed by atoms with Crippen molar-refractivity contribution < 1.29 is 15.1 Å². The van der Waals surface area contributed by atoms with Crippen LogP contribution in [0.2, 0.25) is 19.6 Å². The van der Waals surface area contributed by atoms with Crippen molar-refractivity contribution in [3.63, 3.8) is 0 Å². The van der Waals surface area contributed by atoms with Crippen molar-refractivity contribution in [1.29, 1.82) is 0 Å². The molecule has 3 N–H and O–H groups in total. The lowest BCUT2D eigenvalue weighted by Crippen LogP contribution is -2.38. The molecule has 1 aliphatic carbocycles. The maximum atomic E-state index is 7.17. The van der Waals surface area contributed by atoms with Gasteiger partial charge in [0.1, 0.15) is 0 Å². The number of fused-ring (bicyclic) bond motifs is 3. The Morgan fingerprint density at radius 2 is 1.21 bits per heavy atom. The van der Waals surface area contributed by atoms with Gasteiger partial charge in [-0.25, -0.2) is 0 Å². The number of hydrogen-bond donors (Lipinski definition) is 3. The third kappa shape index (κ3) is 7.29. The lowest BCUT2D eigenvalue weighted by atomic mass is 9.70. The molecule has 2 aromatic rings. The van der Waals surface area contributed by atoms with Gasteiger partial charge in [-0.15, -0.1) is 0 Å². The predicted octanol–water partition coefficient (Wildman–Crippen LogP) is 6.39. The third-order valence-corrected chi connectivity index (χ3v) is 9.09. The first kappa shape index (κ1) is 27.8. The molecule has 0 atom stereocenters. The number of hydrogen-bond acceptors (Lipinski definition) is 3. The van der Waals surface area contributed by atoms with Crippen LogP contribution >= 0.6 is 0 Å². The van der Waals surface area contributed by atoms with Crippen molar-refractivity contribution >= 4 is 20.6 Å². The van der Waals surface area contributed by atoms with Gasteiger partial charge in [0.15, 0.2) is 0 Å². The van der Waals surface area contributed by atoms with Gasteiger partial charge >= 0.3 is 7.32 Å². The Hall–Kier alpha value is -1.40. The molecule has 33 heavy (non-hydrogen) atoms. The van der Waals surface area contributed by atoms with Gasteiger partial charge in [-0.3, -0.25) is 0 Å². The largest absolute Gasteiger partial charge is 0.631 e. The zero-order valence-corrected chi connectivity index (χ0v) is 22.5. The van der Waals surface area contributed by atoms with Crippen LogP contribution in [0.15, 0.2) is 42.5 Å². The fourth-order valence-electron chi connectivity index (χ4n) is 5.29. The molecule has 0 saturated heterocycles. The van der Waals surface area contributed by atoms with Crippen molar-refractivity contribution in [2.75, 3.05) is 0 Å². The van der Waals surface area contributed by atoms with E-state index in [4.69, 9.17) is 15.1 Å². The average Bonchev–Trinajstić information content (AvgIpc) is 3.03. The number of rotatable bonds is 11. The van der Waals surface area contributed by atoms with Crippen LogP contribution < -0.4 is 5.19 Å². The van der Waals surface area contributed by atoms with E-state index in [1.54, 1.807) is 16.3 Å². The van der Waals surface area contributed by atoms with E-state index >= 15 is 0 Å². The summed E-state index contributed by atoms with van der Waals surface area (Å²) in [6, 6.07) is 16.9. The normalized spacial score (nSPS) is 13.7. The smallest absolute Gasteiger partial charge is 0.402 e. The van der Waals surface area contributed by atoms with E-state index in [-0.39, 0.29) is 5.41 Å². The molecular weight excluding hydrogens is 423 g/mol. The summed E-state index contributed by atoms with van der Waals surface area (Å²) in [7, 11) is -3.50. The molecule has 5 heteroatoms. The summed E-state index contributed by atoms with van der Waals surface area (Å²) in [6.45, 7) is 12.1. The van der Waals surface area contributed by atoms with Crippen molar-refractivity contribution in [2.45, 2.75) is 103 Å². The summed E-state index contributed by atoms with van der Waals surface area (Å²) in [4.78, 5) is 0. The van der Waals surface area contributed by atoms with Gasteiger partial charge in [-0.1, -0.05) is 133 Å². The standard InChI is InChI=1S/C28H42Si.BH3O3/c1-6-8-10-14-20-28(21-15-11-9-7-2)26-17-13-12-16-24(26)25-19-18-23(22-27(25)28)29(3,4)5;2-1(3)4/h12-13,16-19,22H,6-11,14-15,20-21H2,1-5H3;2-4H. The van der Waals surface area contributed by atoms with Gasteiger partial charge in [0.2, 0.25) is 0 Å². The maximum absolute atomic E-state index is 7.17. The summed E-state index contributed by atoms with van der Waals surface area (Å²) >= 11 is 0. The molecule has 0 aromatic heterocycles. The average molecular weight is 469 g/mol. The predicted molar refractivity (Wildman–Crippen MR) is 146 cm³/mol. The third-order valence-electron chi connectivity index (χ3n) is 7.05. The van der Waals surface area contributed by atoms with Crippen LogP contribution in [-0.4, -0.2) is 30.5 Å². The molecular formula is C28H45BO3Si. The van der Waals surface area contributed by atoms with Crippen LogP contribution in [0, 0.1) is 0 Å². The molecule has 0 fully saturated rings. The highest BCUT2D eigenvalue weighted by atomic mass is 28.3. The van der Waals surface area contributed by atoms with Crippen LogP contribution in [0.5, 0.6) is 0 Å². The van der Waals surface area contributed by atoms with E-state index in [0.29, 0.717) is 0 Å².